The van der Waals surface area contributed by atoms with Crippen LogP contribution in [0.2, 0.25) is 0 Å². The minimum atomic E-state index is -4.37. The molecule has 0 atom stereocenters. The van der Waals surface area contributed by atoms with E-state index in [2.05, 4.69) is 9.97 Å². The van der Waals surface area contributed by atoms with Gasteiger partial charge in [-0.3, -0.25) is 0 Å². The summed E-state index contributed by atoms with van der Waals surface area (Å²) in [7, 11) is 0. The molecule has 1 N–H and O–H groups in total. The first kappa shape index (κ1) is 12.1. The molecule has 0 bridgehead atoms. The number of hydrogen-bond acceptors (Lipinski definition) is 2. The molecule has 0 amide bonds. The molecular weight excluding hydrogens is 240 g/mol. The summed E-state index contributed by atoms with van der Waals surface area (Å²) < 4.78 is 51.2. The maximum atomic E-state index is 13.3. The fourth-order valence-electron chi connectivity index (χ4n) is 2.01. The van der Waals surface area contributed by atoms with Crippen molar-refractivity contribution in [2.75, 3.05) is 0 Å². The first-order valence-electron chi connectivity index (χ1n) is 5.21. The van der Waals surface area contributed by atoms with Crippen molar-refractivity contribution < 1.29 is 17.6 Å². The Bertz CT molecular complexity index is 484. The van der Waals surface area contributed by atoms with Crippen LogP contribution in [0.3, 0.4) is 0 Å². The highest BCUT2D eigenvalue weighted by Crippen LogP contribution is 2.36. The Labute approximate surface area is 93.9 Å². The van der Waals surface area contributed by atoms with Gasteiger partial charge in [0, 0.05) is 5.69 Å². The van der Waals surface area contributed by atoms with Crippen molar-refractivity contribution in [2.45, 2.75) is 38.0 Å². The lowest BCUT2D eigenvalue weighted by molar-refractivity contribution is -0.138. The Hall–Kier alpha value is -1.40. The smallest absolute Gasteiger partial charge is 0.310 e. The van der Waals surface area contributed by atoms with Gasteiger partial charge >= 0.3 is 18.0 Å². The van der Waals surface area contributed by atoms with Crippen molar-refractivity contribution in [3.05, 3.63) is 27.4 Å². The number of nitrogens with one attached hydrogen (secondary N) is 1. The molecule has 7 heteroatoms. The summed E-state index contributed by atoms with van der Waals surface area (Å²) in [6, 6.07) is 0. The maximum Gasteiger partial charge on any atom is 0.349 e. The number of fused-ring (bicyclic) bond motifs is 1. The van der Waals surface area contributed by atoms with Gasteiger partial charge in [0.15, 0.2) is 0 Å². The zero-order chi connectivity index (χ0) is 12.6. The SMILES string of the molecule is O=c1nc(C(F)(F)C(F)F)c2c([nH]1)CCCC2. The fourth-order valence-corrected chi connectivity index (χ4v) is 2.01. The van der Waals surface area contributed by atoms with Crippen molar-refractivity contribution in [1.29, 1.82) is 0 Å². The number of rotatable bonds is 2. The van der Waals surface area contributed by atoms with Gasteiger partial charge in [0.1, 0.15) is 5.69 Å². The molecule has 0 aromatic carbocycles. The molecule has 1 aliphatic carbocycles. The van der Waals surface area contributed by atoms with Gasteiger partial charge in [-0.1, -0.05) is 0 Å². The molecular formula is C10H10F4N2O. The quantitative estimate of drug-likeness (QED) is 0.816. The predicted molar refractivity (Wildman–Crippen MR) is 51.4 cm³/mol. The van der Waals surface area contributed by atoms with E-state index in [-0.39, 0.29) is 12.0 Å². The van der Waals surface area contributed by atoms with Gasteiger partial charge in [-0.2, -0.15) is 13.8 Å². The molecule has 0 fully saturated rings. The molecule has 0 saturated heterocycles. The molecule has 0 aliphatic heterocycles. The third-order valence-electron chi connectivity index (χ3n) is 2.81. The van der Waals surface area contributed by atoms with Crippen molar-refractivity contribution in [3.8, 4) is 0 Å². The first-order chi connectivity index (χ1) is 7.93. The molecule has 1 aliphatic rings. The lowest BCUT2D eigenvalue weighted by atomic mass is 9.93. The molecule has 3 nitrogen and oxygen atoms in total. The van der Waals surface area contributed by atoms with E-state index in [0.717, 1.165) is 6.42 Å². The minimum absolute atomic E-state index is 0.0705. The number of hydrogen-bond donors (Lipinski definition) is 1. The minimum Gasteiger partial charge on any atom is -0.310 e. The Morgan fingerprint density at radius 2 is 1.88 bits per heavy atom. The van der Waals surface area contributed by atoms with E-state index in [1.165, 1.54) is 0 Å². The van der Waals surface area contributed by atoms with E-state index in [4.69, 9.17) is 0 Å². The van der Waals surface area contributed by atoms with Gasteiger partial charge < -0.3 is 4.98 Å². The summed E-state index contributed by atoms with van der Waals surface area (Å²) in [5.74, 6) is -4.37. The molecule has 17 heavy (non-hydrogen) atoms. The Morgan fingerprint density at radius 3 is 2.53 bits per heavy atom. The molecule has 1 aromatic heterocycles. The second-order valence-corrected chi connectivity index (χ2v) is 3.98. The van der Waals surface area contributed by atoms with Gasteiger partial charge in [0.25, 0.3) is 0 Å². The Balaban J connectivity index is 2.61. The zero-order valence-electron chi connectivity index (χ0n) is 8.77. The van der Waals surface area contributed by atoms with Crippen LogP contribution in [-0.2, 0) is 18.8 Å². The number of aromatic nitrogens is 2. The third kappa shape index (κ3) is 2.05. The summed E-state index contributed by atoms with van der Waals surface area (Å²) in [5.41, 5.74) is -1.68. The predicted octanol–water partition coefficient (Wildman–Crippen LogP) is 2.01. The average molecular weight is 250 g/mol. The third-order valence-corrected chi connectivity index (χ3v) is 2.81. The lowest BCUT2D eigenvalue weighted by Crippen LogP contribution is -2.32. The van der Waals surface area contributed by atoms with Crippen LogP contribution in [0.4, 0.5) is 17.6 Å². The number of halogens is 4. The van der Waals surface area contributed by atoms with Gasteiger partial charge in [0.2, 0.25) is 0 Å². The molecule has 0 spiro atoms. The van der Waals surface area contributed by atoms with Gasteiger partial charge in [-0.05, 0) is 31.2 Å². The zero-order valence-corrected chi connectivity index (χ0v) is 8.77. The Morgan fingerprint density at radius 1 is 1.24 bits per heavy atom. The molecule has 1 aromatic rings. The van der Waals surface area contributed by atoms with Crippen LogP contribution in [0.25, 0.3) is 0 Å². The molecule has 1 heterocycles. The summed E-state index contributed by atoms with van der Waals surface area (Å²) >= 11 is 0. The van der Waals surface area contributed by atoms with E-state index in [0.29, 0.717) is 18.5 Å². The number of H-pyrrole nitrogens is 1. The maximum absolute atomic E-state index is 13.3. The summed E-state index contributed by atoms with van der Waals surface area (Å²) in [6.45, 7) is 0. The number of aromatic amines is 1. The van der Waals surface area contributed by atoms with Crippen molar-refractivity contribution >= 4 is 0 Å². The van der Waals surface area contributed by atoms with Gasteiger partial charge in [-0.15, -0.1) is 0 Å². The topological polar surface area (TPSA) is 45.8 Å². The first-order valence-corrected chi connectivity index (χ1v) is 5.21. The molecule has 94 valence electrons. The van der Waals surface area contributed by atoms with Crippen LogP contribution in [0.1, 0.15) is 29.8 Å². The highest BCUT2D eigenvalue weighted by molar-refractivity contribution is 5.30. The van der Waals surface area contributed by atoms with Crippen LogP contribution >= 0.6 is 0 Å². The van der Waals surface area contributed by atoms with Crippen molar-refractivity contribution in [2.24, 2.45) is 0 Å². The highest BCUT2D eigenvalue weighted by atomic mass is 19.3. The molecule has 2 rings (SSSR count). The van der Waals surface area contributed by atoms with Crippen LogP contribution in [0, 0.1) is 0 Å². The van der Waals surface area contributed by atoms with Gasteiger partial charge in [0.05, 0.1) is 0 Å². The van der Waals surface area contributed by atoms with Gasteiger partial charge in [-0.25, -0.2) is 13.6 Å². The Kier molecular flexibility index (Phi) is 2.92. The second-order valence-electron chi connectivity index (χ2n) is 3.98. The second kappa shape index (κ2) is 4.12. The normalized spacial score (nSPS) is 16.1. The van der Waals surface area contributed by atoms with E-state index in [1.807, 2.05) is 0 Å². The number of alkyl halides is 4. The standard InChI is InChI=1S/C10H10F4N2O/c11-8(12)10(13,14)7-5-3-1-2-4-6(5)15-9(17)16-7/h8H,1-4H2,(H,15,16,17). The van der Waals surface area contributed by atoms with E-state index >= 15 is 0 Å². The van der Waals surface area contributed by atoms with Crippen LogP contribution in [0.15, 0.2) is 4.79 Å². The van der Waals surface area contributed by atoms with Crippen molar-refractivity contribution in [3.63, 3.8) is 0 Å². The lowest BCUT2D eigenvalue weighted by Gasteiger charge is -2.22. The van der Waals surface area contributed by atoms with E-state index in [9.17, 15) is 22.4 Å². The fraction of sp³-hybridized carbons (Fsp3) is 0.600. The summed E-state index contributed by atoms with van der Waals surface area (Å²) in [4.78, 5) is 16.5. The highest BCUT2D eigenvalue weighted by Gasteiger charge is 2.46. The number of nitrogens with zero attached hydrogens (tertiary/aromatic N) is 1. The molecule has 0 saturated carbocycles. The van der Waals surface area contributed by atoms with E-state index < -0.39 is 23.7 Å². The summed E-state index contributed by atoms with van der Waals surface area (Å²) in [5, 5.41) is 0. The monoisotopic (exact) mass is 250 g/mol. The van der Waals surface area contributed by atoms with Crippen LogP contribution < -0.4 is 5.69 Å². The number of aryl methyl sites for hydroxylation is 1. The largest absolute Gasteiger partial charge is 0.349 e. The van der Waals surface area contributed by atoms with Crippen LogP contribution in [-0.4, -0.2) is 16.4 Å². The average Bonchev–Trinajstić information content (AvgIpc) is 2.27. The molecule has 0 radical (unpaired) electrons. The van der Waals surface area contributed by atoms with E-state index in [1.54, 1.807) is 0 Å². The van der Waals surface area contributed by atoms with Crippen LogP contribution in [0.5, 0.6) is 0 Å². The molecule has 0 unspecified atom stereocenters. The van der Waals surface area contributed by atoms with Crippen molar-refractivity contribution in [1.82, 2.24) is 9.97 Å². The summed E-state index contributed by atoms with van der Waals surface area (Å²) in [6.07, 6.45) is -1.82.